The molecule has 0 radical (unpaired) electrons. The van der Waals surface area contributed by atoms with Crippen molar-refractivity contribution in [2.24, 2.45) is 0 Å². The first-order valence-electron chi connectivity index (χ1n) is 8.83. The number of benzene rings is 2. The highest BCUT2D eigenvalue weighted by atomic mass is 16.6. The number of esters is 1. The van der Waals surface area contributed by atoms with Crippen LogP contribution in [0.15, 0.2) is 54.6 Å². The second-order valence-electron chi connectivity index (χ2n) is 6.28. The van der Waals surface area contributed by atoms with E-state index in [0.29, 0.717) is 18.3 Å². The Morgan fingerprint density at radius 3 is 2.46 bits per heavy atom. The van der Waals surface area contributed by atoms with Crippen LogP contribution in [0.4, 0.5) is 0 Å². The van der Waals surface area contributed by atoms with Crippen LogP contribution in [0.5, 0.6) is 5.75 Å². The van der Waals surface area contributed by atoms with Crippen LogP contribution >= 0.6 is 0 Å². The van der Waals surface area contributed by atoms with Crippen molar-refractivity contribution < 1.29 is 19.4 Å². The number of aryl methyl sites for hydroxylation is 1. The average molecular weight is 357 g/mol. The topological polar surface area (TPSA) is 67.8 Å². The number of hydrogen-bond donors (Lipinski definition) is 2. The van der Waals surface area contributed by atoms with Crippen molar-refractivity contribution >= 4 is 5.97 Å². The predicted molar refractivity (Wildman–Crippen MR) is 101 cm³/mol. The summed E-state index contributed by atoms with van der Waals surface area (Å²) in [5.74, 6) is 0.253. The minimum absolute atomic E-state index is 0.0828. The van der Waals surface area contributed by atoms with Gasteiger partial charge in [-0.15, -0.1) is 0 Å². The van der Waals surface area contributed by atoms with E-state index in [2.05, 4.69) is 17.0 Å². The summed E-state index contributed by atoms with van der Waals surface area (Å²) in [5, 5.41) is 13.6. The molecule has 2 aromatic rings. The maximum absolute atomic E-state index is 11.1. The lowest BCUT2D eigenvalue weighted by Crippen LogP contribution is -2.30. The van der Waals surface area contributed by atoms with Crippen molar-refractivity contribution in [3.63, 3.8) is 0 Å². The van der Waals surface area contributed by atoms with E-state index < -0.39 is 12.1 Å². The fourth-order valence-corrected chi connectivity index (χ4v) is 2.54. The van der Waals surface area contributed by atoms with E-state index in [-0.39, 0.29) is 6.61 Å². The Hall–Kier alpha value is -2.37. The zero-order valence-electron chi connectivity index (χ0n) is 15.4. The summed E-state index contributed by atoms with van der Waals surface area (Å²) in [6.45, 7) is 2.57. The van der Waals surface area contributed by atoms with E-state index >= 15 is 0 Å². The van der Waals surface area contributed by atoms with Crippen molar-refractivity contribution in [3.05, 3.63) is 65.7 Å². The number of hydrogen-bond acceptors (Lipinski definition) is 5. The summed E-state index contributed by atoms with van der Waals surface area (Å²) in [5.41, 5.74) is 2.13. The summed E-state index contributed by atoms with van der Waals surface area (Å²) in [7, 11) is 1.34. The quantitative estimate of drug-likeness (QED) is 0.640. The fourth-order valence-electron chi connectivity index (χ4n) is 2.54. The Balaban J connectivity index is 1.70. The molecule has 26 heavy (non-hydrogen) atoms. The molecule has 0 amide bonds. The van der Waals surface area contributed by atoms with Gasteiger partial charge >= 0.3 is 5.97 Å². The lowest BCUT2D eigenvalue weighted by atomic mass is 10.1. The predicted octanol–water partition coefficient (Wildman–Crippen LogP) is 2.88. The van der Waals surface area contributed by atoms with Crippen LogP contribution in [0.3, 0.4) is 0 Å². The minimum Gasteiger partial charge on any atom is -0.482 e. The van der Waals surface area contributed by atoms with Crippen LogP contribution in [-0.2, 0) is 16.0 Å². The van der Waals surface area contributed by atoms with Crippen molar-refractivity contribution in [2.45, 2.75) is 31.9 Å². The molecule has 0 bridgehead atoms. The van der Waals surface area contributed by atoms with Crippen LogP contribution in [0.25, 0.3) is 0 Å². The zero-order chi connectivity index (χ0) is 18.8. The molecule has 2 aromatic carbocycles. The highest BCUT2D eigenvalue weighted by Crippen LogP contribution is 2.15. The van der Waals surface area contributed by atoms with Gasteiger partial charge in [-0.05, 0) is 43.0 Å². The second-order valence-corrected chi connectivity index (χ2v) is 6.28. The number of carbonyl (C=O) groups excluding carboxylic acids is 1. The summed E-state index contributed by atoms with van der Waals surface area (Å²) in [4.78, 5) is 11.1. The smallest absolute Gasteiger partial charge is 0.343 e. The number of aliphatic hydroxyl groups is 1. The van der Waals surface area contributed by atoms with Crippen molar-refractivity contribution in [3.8, 4) is 5.75 Å². The number of ether oxygens (including phenoxy) is 2. The molecule has 0 spiro atoms. The van der Waals surface area contributed by atoms with Gasteiger partial charge in [0.05, 0.1) is 13.2 Å². The van der Waals surface area contributed by atoms with E-state index in [1.54, 1.807) is 0 Å². The normalized spacial score (nSPS) is 13.0. The van der Waals surface area contributed by atoms with E-state index in [0.717, 1.165) is 18.4 Å². The molecule has 0 aliphatic rings. The Morgan fingerprint density at radius 2 is 1.81 bits per heavy atom. The van der Waals surface area contributed by atoms with Gasteiger partial charge in [-0.1, -0.05) is 42.5 Å². The van der Waals surface area contributed by atoms with E-state index in [4.69, 9.17) is 4.74 Å². The van der Waals surface area contributed by atoms with E-state index in [1.807, 2.05) is 54.6 Å². The third kappa shape index (κ3) is 6.86. The summed E-state index contributed by atoms with van der Waals surface area (Å²) >= 11 is 0. The Labute approximate surface area is 155 Å². The van der Waals surface area contributed by atoms with Gasteiger partial charge in [0.2, 0.25) is 0 Å². The molecule has 0 fully saturated rings. The largest absolute Gasteiger partial charge is 0.482 e. The monoisotopic (exact) mass is 357 g/mol. The Kier molecular flexibility index (Phi) is 8.12. The van der Waals surface area contributed by atoms with Crippen molar-refractivity contribution in [1.82, 2.24) is 5.32 Å². The Morgan fingerprint density at radius 1 is 1.12 bits per heavy atom. The Bertz CT molecular complexity index is 657. The third-order valence-electron chi connectivity index (χ3n) is 4.22. The van der Waals surface area contributed by atoms with Crippen LogP contribution in [0, 0.1) is 0 Å². The first-order chi connectivity index (χ1) is 12.6. The van der Waals surface area contributed by atoms with Gasteiger partial charge in [0.1, 0.15) is 5.75 Å². The summed E-state index contributed by atoms with van der Waals surface area (Å²) < 4.78 is 9.87. The van der Waals surface area contributed by atoms with Crippen molar-refractivity contribution in [2.75, 3.05) is 20.3 Å². The highest BCUT2D eigenvalue weighted by Gasteiger charge is 2.09. The lowest BCUT2D eigenvalue weighted by Gasteiger charge is -2.17. The molecule has 140 valence electrons. The number of rotatable bonds is 10. The van der Waals surface area contributed by atoms with Crippen LogP contribution in [0.1, 0.15) is 30.6 Å². The summed E-state index contributed by atoms with van der Waals surface area (Å²) in [6, 6.07) is 17.7. The van der Waals surface area contributed by atoms with Gasteiger partial charge in [0, 0.05) is 12.6 Å². The first-order valence-corrected chi connectivity index (χ1v) is 8.83. The molecule has 2 atom stereocenters. The number of carbonyl (C=O) groups is 1. The van der Waals surface area contributed by atoms with Crippen LogP contribution in [-0.4, -0.2) is 37.4 Å². The molecule has 2 N–H and O–H groups in total. The standard InChI is InChI=1S/C21H27NO4/c1-16(22-14-20(23)18-6-4-3-5-7-18)8-9-17-10-12-19(13-11-17)26-15-21(24)25-2/h3-7,10-13,16,20,22-23H,8-9,14-15H2,1-2H3/t16-,20?/m0/s1. The molecule has 0 aromatic heterocycles. The zero-order valence-corrected chi connectivity index (χ0v) is 15.4. The molecule has 1 unspecified atom stereocenters. The molecule has 0 aliphatic carbocycles. The molecule has 2 rings (SSSR count). The number of methoxy groups -OCH3 is 1. The van der Waals surface area contributed by atoms with Crippen molar-refractivity contribution in [1.29, 1.82) is 0 Å². The number of nitrogens with one attached hydrogen (secondary N) is 1. The molecule has 0 heterocycles. The maximum atomic E-state index is 11.1. The van der Waals surface area contributed by atoms with E-state index in [1.165, 1.54) is 12.7 Å². The van der Waals surface area contributed by atoms with Gasteiger partial charge in [-0.2, -0.15) is 0 Å². The SMILES string of the molecule is COC(=O)COc1ccc(CC[C@H](C)NCC(O)c2ccccc2)cc1. The molecule has 0 saturated heterocycles. The molecule has 5 heteroatoms. The minimum atomic E-state index is -0.495. The molecular formula is C21H27NO4. The van der Waals surface area contributed by atoms with Gasteiger partial charge in [0.15, 0.2) is 6.61 Å². The molecule has 0 saturated carbocycles. The first kappa shape index (κ1) is 19.9. The fraction of sp³-hybridized carbons (Fsp3) is 0.381. The third-order valence-corrected chi connectivity index (χ3v) is 4.22. The van der Waals surface area contributed by atoms with Gasteiger partial charge in [-0.25, -0.2) is 4.79 Å². The average Bonchev–Trinajstić information content (AvgIpc) is 2.70. The lowest BCUT2D eigenvalue weighted by molar-refractivity contribution is -0.142. The molecule has 0 aliphatic heterocycles. The molecule has 5 nitrogen and oxygen atoms in total. The number of aliphatic hydroxyl groups excluding tert-OH is 1. The van der Waals surface area contributed by atoms with Gasteiger partial charge in [-0.3, -0.25) is 0 Å². The van der Waals surface area contributed by atoms with Gasteiger partial charge < -0.3 is 19.9 Å². The molecular weight excluding hydrogens is 330 g/mol. The van der Waals surface area contributed by atoms with Crippen LogP contribution in [0.2, 0.25) is 0 Å². The van der Waals surface area contributed by atoms with E-state index in [9.17, 15) is 9.90 Å². The highest BCUT2D eigenvalue weighted by molar-refractivity contribution is 5.70. The summed E-state index contributed by atoms with van der Waals surface area (Å²) in [6.07, 6.45) is 1.39. The maximum Gasteiger partial charge on any atom is 0.343 e. The van der Waals surface area contributed by atoms with Gasteiger partial charge in [0.25, 0.3) is 0 Å². The second kappa shape index (κ2) is 10.6. The van der Waals surface area contributed by atoms with Crippen LogP contribution < -0.4 is 10.1 Å².